The number of aliphatic hydroxyl groups is 1. The number of unbranched alkanes of at least 4 members (excludes halogenated alkanes) is 28. The van der Waals surface area contributed by atoms with E-state index in [0.717, 1.165) is 115 Å². The lowest BCUT2D eigenvalue weighted by Crippen LogP contribution is -2.30. The molecule has 19 heteroatoms. The molecule has 0 aromatic carbocycles. The maximum atomic E-state index is 13.0. The zero-order valence-electron chi connectivity index (χ0n) is 55.2. The second-order valence-electron chi connectivity index (χ2n) is 25.5. The lowest BCUT2D eigenvalue weighted by Gasteiger charge is -2.21. The van der Waals surface area contributed by atoms with E-state index < -0.39 is 97.5 Å². The van der Waals surface area contributed by atoms with Gasteiger partial charge in [-0.2, -0.15) is 0 Å². The van der Waals surface area contributed by atoms with E-state index in [1.165, 1.54) is 109 Å². The monoisotopic (exact) mass is 1250 g/mol. The maximum Gasteiger partial charge on any atom is 0.472 e. The first kappa shape index (κ1) is 83.1. The minimum atomic E-state index is -4.95. The Balaban J connectivity index is 5.24. The second-order valence-corrected chi connectivity index (χ2v) is 28.4. The van der Waals surface area contributed by atoms with E-state index in [2.05, 4.69) is 55.4 Å². The van der Waals surface area contributed by atoms with Crippen molar-refractivity contribution >= 4 is 39.5 Å². The Bertz CT molecular complexity index is 1700. The smallest absolute Gasteiger partial charge is 0.462 e. The summed E-state index contributed by atoms with van der Waals surface area (Å²) in [6, 6.07) is 0. The van der Waals surface area contributed by atoms with Gasteiger partial charge in [0.1, 0.15) is 19.3 Å². The summed E-state index contributed by atoms with van der Waals surface area (Å²) >= 11 is 0. The number of carbonyl (C=O) groups is 4. The van der Waals surface area contributed by atoms with Crippen LogP contribution in [0, 0.1) is 23.7 Å². The summed E-state index contributed by atoms with van der Waals surface area (Å²) in [5.74, 6) is 0.770. The Kier molecular flexibility index (Phi) is 54.8. The van der Waals surface area contributed by atoms with Crippen LogP contribution in [-0.4, -0.2) is 96.7 Å². The van der Waals surface area contributed by atoms with Crippen LogP contribution in [-0.2, 0) is 65.4 Å². The normalized spacial score (nSPS) is 14.7. The van der Waals surface area contributed by atoms with Gasteiger partial charge in [-0.05, 0) is 49.4 Å². The average Bonchev–Trinajstić information content (AvgIpc) is 3.50. The van der Waals surface area contributed by atoms with Crippen molar-refractivity contribution in [1.82, 2.24) is 0 Å². The van der Waals surface area contributed by atoms with Crippen molar-refractivity contribution in [3.8, 4) is 0 Å². The van der Waals surface area contributed by atoms with Gasteiger partial charge in [0.05, 0.1) is 26.4 Å². The molecule has 17 nitrogen and oxygen atoms in total. The first-order chi connectivity index (χ1) is 40.6. The molecule has 85 heavy (non-hydrogen) atoms. The van der Waals surface area contributed by atoms with Crippen molar-refractivity contribution in [3.05, 3.63) is 0 Å². The topological polar surface area (TPSA) is 237 Å². The minimum absolute atomic E-state index is 0.102. The third-order valence-corrected chi connectivity index (χ3v) is 17.3. The molecule has 0 saturated carbocycles. The fourth-order valence-electron chi connectivity index (χ4n) is 9.75. The van der Waals surface area contributed by atoms with Gasteiger partial charge >= 0.3 is 39.5 Å². The standard InChI is InChI=1S/C66H128O17P2/c1-9-59(8)45-37-29-24-25-31-39-47-64(69)77-53-62(83-66(71)49-41-33-23-17-20-28-36-44-58(6)7)55-81-85(74,75)79-51-60(67)50-78-84(72,73)80-54-61(52-76-63(68)46-38-30-22-16-19-27-35-43-57(4)5)82-65(70)48-40-32-21-15-13-11-10-12-14-18-26-34-42-56(2)3/h56-62,67H,9-55H2,1-8H3,(H,72,73)(H,74,75)/t59?,60-,61-,62-/m1/s1. The number of ether oxygens (including phenoxy) is 4. The van der Waals surface area contributed by atoms with Gasteiger partial charge in [-0.1, -0.05) is 267 Å². The Morgan fingerprint density at radius 1 is 0.329 bits per heavy atom. The molecular weight excluding hydrogens is 1130 g/mol. The highest BCUT2D eigenvalue weighted by Gasteiger charge is 2.30. The summed E-state index contributed by atoms with van der Waals surface area (Å²) in [6.45, 7) is 14.0. The van der Waals surface area contributed by atoms with Crippen molar-refractivity contribution in [3.63, 3.8) is 0 Å². The largest absolute Gasteiger partial charge is 0.472 e. The third kappa shape index (κ3) is 59.5. The Morgan fingerprint density at radius 2 is 0.565 bits per heavy atom. The van der Waals surface area contributed by atoms with Crippen LogP contribution in [0.5, 0.6) is 0 Å². The molecule has 0 aliphatic rings. The predicted molar refractivity (Wildman–Crippen MR) is 340 cm³/mol. The number of rotatable bonds is 63. The highest BCUT2D eigenvalue weighted by Crippen LogP contribution is 2.45. The first-order valence-electron chi connectivity index (χ1n) is 34.2. The van der Waals surface area contributed by atoms with Gasteiger partial charge in [0.15, 0.2) is 12.2 Å². The minimum Gasteiger partial charge on any atom is -0.462 e. The van der Waals surface area contributed by atoms with Crippen molar-refractivity contribution in [2.45, 2.75) is 337 Å². The van der Waals surface area contributed by atoms with Crippen LogP contribution in [0.2, 0.25) is 0 Å². The molecule has 504 valence electrons. The van der Waals surface area contributed by atoms with E-state index in [0.29, 0.717) is 37.5 Å². The van der Waals surface area contributed by atoms with E-state index >= 15 is 0 Å². The average molecular weight is 1260 g/mol. The van der Waals surface area contributed by atoms with Crippen LogP contribution >= 0.6 is 15.6 Å². The van der Waals surface area contributed by atoms with E-state index in [1.807, 2.05) is 0 Å². The maximum absolute atomic E-state index is 13.0. The number of aliphatic hydroxyl groups excluding tert-OH is 1. The molecule has 3 N–H and O–H groups in total. The molecule has 0 saturated heterocycles. The number of esters is 4. The van der Waals surface area contributed by atoms with Crippen molar-refractivity contribution in [2.75, 3.05) is 39.6 Å². The highest BCUT2D eigenvalue weighted by molar-refractivity contribution is 7.47. The van der Waals surface area contributed by atoms with Gasteiger partial charge in [-0.25, -0.2) is 9.13 Å². The van der Waals surface area contributed by atoms with Crippen LogP contribution in [0.4, 0.5) is 0 Å². The molecule has 0 fully saturated rings. The first-order valence-corrected chi connectivity index (χ1v) is 37.2. The molecule has 3 unspecified atom stereocenters. The Hall–Kier alpha value is -1.94. The lowest BCUT2D eigenvalue weighted by molar-refractivity contribution is -0.161. The fraction of sp³-hybridized carbons (Fsp3) is 0.939. The third-order valence-electron chi connectivity index (χ3n) is 15.4. The molecule has 0 heterocycles. The van der Waals surface area contributed by atoms with Gasteiger partial charge in [0.2, 0.25) is 0 Å². The van der Waals surface area contributed by atoms with Gasteiger partial charge in [-0.3, -0.25) is 37.3 Å². The summed E-state index contributed by atoms with van der Waals surface area (Å²) in [4.78, 5) is 72.3. The highest BCUT2D eigenvalue weighted by atomic mass is 31.2. The van der Waals surface area contributed by atoms with Gasteiger partial charge in [-0.15, -0.1) is 0 Å². The molecule has 0 spiro atoms. The van der Waals surface area contributed by atoms with E-state index in [-0.39, 0.29) is 25.7 Å². The van der Waals surface area contributed by atoms with E-state index in [9.17, 15) is 43.2 Å². The Labute approximate surface area is 517 Å². The molecule has 0 aliphatic heterocycles. The second kappa shape index (κ2) is 56.1. The van der Waals surface area contributed by atoms with E-state index in [1.54, 1.807) is 0 Å². The van der Waals surface area contributed by atoms with Crippen LogP contribution in [0.3, 0.4) is 0 Å². The van der Waals surface area contributed by atoms with Crippen molar-refractivity contribution < 1.29 is 80.2 Å². The molecular formula is C66H128O17P2. The van der Waals surface area contributed by atoms with E-state index in [4.69, 9.17) is 37.0 Å². The summed E-state index contributed by atoms with van der Waals surface area (Å²) in [5.41, 5.74) is 0. The summed E-state index contributed by atoms with van der Waals surface area (Å²) in [7, 11) is -9.89. The molecule has 0 rings (SSSR count). The van der Waals surface area contributed by atoms with Crippen LogP contribution < -0.4 is 0 Å². The lowest BCUT2D eigenvalue weighted by atomic mass is 10.00. The molecule has 0 amide bonds. The number of phosphoric acid groups is 2. The zero-order chi connectivity index (χ0) is 63.2. The zero-order valence-corrected chi connectivity index (χ0v) is 57.0. The van der Waals surface area contributed by atoms with Gasteiger partial charge < -0.3 is 33.8 Å². The Morgan fingerprint density at radius 3 is 0.835 bits per heavy atom. The van der Waals surface area contributed by atoms with Crippen LogP contribution in [0.25, 0.3) is 0 Å². The molecule has 0 aromatic rings. The molecule has 0 bridgehead atoms. The summed E-state index contributed by atoms with van der Waals surface area (Å²) in [6.07, 6.45) is 36.4. The van der Waals surface area contributed by atoms with Gasteiger partial charge in [0.25, 0.3) is 0 Å². The van der Waals surface area contributed by atoms with Crippen molar-refractivity contribution in [2.24, 2.45) is 23.7 Å². The summed E-state index contributed by atoms with van der Waals surface area (Å²) in [5, 5.41) is 10.5. The fourth-order valence-corrected chi connectivity index (χ4v) is 11.3. The van der Waals surface area contributed by atoms with Crippen molar-refractivity contribution in [1.29, 1.82) is 0 Å². The molecule has 6 atom stereocenters. The molecule has 0 radical (unpaired) electrons. The number of hydrogen-bond donors (Lipinski definition) is 3. The SMILES string of the molecule is CCC(C)CCCCCCCCC(=O)OC[C@H](COP(=O)(O)OC[C@H](O)COP(=O)(O)OC[C@@H](COC(=O)CCCCCCCCCC(C)C)OC(=O)CCCCCCCCCCCCCCC(C)C)OC(=O)CCCCCCCCCC(C)C. The molecule has 0 aliphatic carbocycles. The van der Waals surface area contributed by atoms with Gasteiger partial charge in [0, 0.05) is 25.7 Å². The number of hydrogen-bond acceptors (Lipinski definition) is 15. The van der Waals surface area contributed by atoms with Crippen LogP contribution in [0.15, 0.2) is 0 Å². The number of carbonyl (C=O) groups excluding carboxylic acids is 4. The van der Waals surface area contributed by atoms with Crippen LogP contribution in [0.1, 0.15) is 319 Å². The summed E-state index contributed by atoms with van der Waals surface area (Å²) < 4.78 is 68.1. The predicted octanol–water partition coefficient (Wildman–Crippen LogP) is 18.1. The number of phosphoric ester groups is 2. The quantitative estimate of drug-likeness (QED) is 0.0222. The molecule has 0 aromatic heterocycles.